The molecule has 5 heterocycles. The first-order valence-electron chi connectivity index (χ1n) is 11.8. The summed E-state index contributed by atoms with van der Waals surface area (Å²) in [6.07, 6.45) is 5.00. The van der Waals surface area contributed by atoms with E-state index in [1.165, 1.54) is 0 Å². The van der Waals surface area contributed by atoms with Crippen molar-refractivity contribution >= 4 is 11.8 Å². The average Bonchev–Trinajstić information content (AvgIpc) is 3.62. The Morgan fingerprint density at radius 3 is 2.67 bits per heavy atom. The molecule has 6 rings (SSSR count). The highest BCUT2D eigenvalue weighted by molar-refractivity contribution is 5.71. The lowest BCUT2D eigenvalue weighted by Crippen LogP contribution is -2.30. The molecule has 0 amide bonds. The molecule has 1 atom stereocenters. The number of halogens is 5. The molecule has 14 heteroatoms. The zero-order valence-corrected chi connectivity index (χ0v) is 20.6. The predicted molar refractivity (Wildman–Crippen MR) is 130 cm³/mol. The lowest BCUT2D eigenvalue weighted by Gasteiger charge is -2.28. The molecule has 0 saturated heterocycles. The minimum atomic E-state index is -4.00. The van der Waals surface area contributed by atoms with E-state index in [0.717, 1.165) is 16.2 Å². The van der Waals surface area contributed by atoms with Gasteiger partial charge in [-0.1, -0.05) is 0 Å². The second-order valence-corrected chi connectivity index (χ2v) is 9.18. The van der Waals surface area contributed by atoms with Crippen molar-refractivity contribution < 1.29 is 22.0 Å². The van der Waals surface area contributed by atoms with Gasteiger partial charge in [0.1, 0.15) is 24.1 Å². The first-order chi connectivity index (χ1) is 18.7. The van der Waals surface area contributed by atoms with Gasteiger partial charge in [-0.2, -0.15) is 13.9 Å². The first kappa shape index (κ1) is 24.7. The maximum Gasteiger partial charge on any atom is 0.334 e. The van der Waals surface area contributed by atoms with Crippen LogP contribution in [0, 0.1) is 18.6 Å². The summed E-state index contributed by atoms with van der Waals surface area (Å²) < 4.78 is 77.2. The number of anilines is 2. The predicted octanol–water partition coefficient (Wildman–Crippen LogP) is 4.93. The number of hydrogen-bond donors (Lipinski definition) is 1. The van der Waals surface area contributed by atoms with Crippen LogP contribution in [0.4, 0.5) is 33.7 Å². The number of benzene rings is 1. The summed E-state index contributed by atoms with van der Waals surface area (Å²) in [7, 11) is 1.76. The Balaban J connectivity index is 1.42. The molecule has 200 valence electrons. The fourth-order valence-corrected chi connectivity index (χ4v) is 4.70. The summed E-state index contributed by atoms with van der Waals surface area (Å²) in [6, 6.07) is 4.11. The van der Waals surface area contributed by atoms with Crippen molar-refractivity contribution in [3.05, 3.63) is 77.5 Å². The molecule has 0 aliphatic carbocycles. The molecule has 1 aromatic carbocycles. The third-order valence-corrected chi connectivity index (χ3v) is 6.63. The van der Waals surface area contributed by atoms with E-state index in [-0.39, 0.29) is 12.4 Å². The standard InChI is InChI=1S/C25H20F5N9/c1-13-10-31-24(33-20-5-6-32-37(20)2)34-21(13)14-7-19-22-35-36-23(39(22)16(9-26)12-38(19)11-14)25(29,30)17-4-3-15(27)8-18(17)28/h3-8,10-11,16H,9,12H2,1-2H3,(H,31,33,34)/t16-/m0/s1. The van der Waals surface area contributed by atoms with Gasteiger partial charge in [0.15, 0.2) is 5.82 Å². The third kappa shape index (κ3) is 4.02. The van der Waals surface area contributed by atoms with Crippen LogP contribution in [0.1, 0.15) is 23.0 Å². The van der Waals surface area contributed by atoms with Crippen LogP contribution in [0.3, 0.4) is 0 Å². The Morgan fingerprint density at radius 1 is 1.13 bits per heavy atom. The van der Waals surface area contributed by atoms with Gasteiger partial charge in [0.2, 0.25) is 11.8 Å². The van der Waals surface area contributed by atoms with Crippen LogP contribution in [0.25, 0.3) is 22.8 Å². The van der Waals surface area contributed by atoms with Crippen LogP contribution in [-0.4, -0.2) is 45.8 Å². The maximum absolute atomic E-state index is 15.5. The number of alkyl halides is 3. The topological polar surface area (TPSA) is 91.3 Å². The van der Waals surface area contributed by atoms with Gasteiger partial charge in [-0.3, -0.25) is 9.25 Å². The molecule has 0 unspecified atom stereocenters. The molecule has 9 nitrogen and oxygen atoms in total. The van der Waals surface area contributed by atoms with E-state index < -0.39 is 41.7 Å². The van der Waals surface area contributed by atoms with E-state index in [0.29, 0.717) is 40.9 Å². The monoisotopic (exact) mass is 541 g/mol. The lowest BCUT2D eigenvalue weighted by atomic mass is 10.1. The van der Waals surface area contributed by atoms with E-state index >= 15 is 8.78 Å². The number of rotatable bonds is 6. The third-order valence-electron chi connectivity index (χ3n) is 6.63. The minimum absolute atomic E-state index is 0.00386. The average molecular weight is 541 g/mol. The highest BCUT2D eigenvalue weighted by atomic mass is 19.3. The second kappa shape index (κ2) is 8.99. The van der Waals surface area contributed by atoms with Gasteiger partial charge >= 0.3 is 5.92 Å². The molecule has 5 aromatic rings. The van der Waals surface area contributed by atoms with E-state index in [9.17, 15) is 13.2 Å². The number of aromatic nitrogens is 8. The van der Waals surface area contributed by atoms with Gasteiger partial charge in [0, 0.05) is 43.7 Å². The summed E-state index contributed by atoms with van der Waals surface area (Å²) in [6.45, 7) is 0.816. The van der Waals surface area contributed by atoms with Crippen molar-refractivity contribution in [1.29, 1.82) is 0 Å². The smallest absolute Gasteiger partial charge is 0.334 e. The molecule has 0 radical (unpaired) electrons. The van der Waals surface area contributed by atoms with Crippen LogP contribution < -0.4 is 5.32 Å². The molecule has 1 aliphatic rings. The number of nitrogens with one attached hydrogen (secondary N) is 1. The summed E-state index contributed by atoms with van der Waals surface area (Å²) >= 11 is 0. The van der Waals surface area contributed by atoms with Gasteiger partial charge in [-0.05, 0) is 30.7 Å². The summed E-state index contributed by atoms with van der Waals surface area (Å²) in [5.74, 6) is -6.38. The molecule has 1 N–H and O–H groups in total. The zero-order chi connectivity index (χ0) is 27.5. The van der Waals surface area contributed by atoms with Crippen molar-refractivity contribution in [2.75, 3.05) is 12.0 Å². The number of nitrogens with zero attached hydrogens (tertiary/aromatic N) is 8. The van der Waals surface area contributed by atoms with E-state index in [4.69, 9.17) is 0 Å². The van der Waals surface area contributed by atoms with Crippen molar-refractivity contribution in [3.8, 4) is 22.8 Å². The molecule has 0 fully saturated rings. The van der Waals surface area contributed by atoms with Gasteiger partial charge in [-0.15, -0.1) is 10.2 Å². The summed E-state index contributed by atoms with van der Waals surface area (Å²) in [5.41, 5.74) is 1.27. The van der Waals surface area contributed by atoms with Gasteiger partial charge in [0.05, 0.1) is 29.2 Å². The second-order valence-electron chi connectivity index (χ2n) is 9.18. The Bertz CT molecular complexity index is 1700. The van der Waals surface area contributed by atoms with E-state index in [1.807, 2.05) is 6.92 Å². The number of aryl methyl sites for hydroxylation is 2. The normalized spacial score (nSPS) is 14.8. The maximum atomic E-state index is 15.5. The Morgan fingerprint density at radius 2 is 1.95 bits per heavy atom. The lowest BCUT2D eigenvalue weighted by molar-refractivity contribution is 0.0220. The van der Waals surface area contributed by atoms with Crippen LogP contribution >= 0.6 is 0 Å². The Hall–Kier alpha value is -4.62. The molecule has 39 heavy (non-hydrogen) atoms. The highest BCUT2D eigenvalue weighted by Crippen LogP contribution is 2.42. The zero-order valence-electron chi connectivity index (χ0n) is 20.6. The summed E-state index contributed by atoms with van der Waals surface area (Å²) in [5, 5.41) is 14.8. The van der Waals surface area contributed by atoms with Crippen molar-refractivity contribution in [3.63, 3.8) is 0 Å². The van der Waals surface area contributed by atoms with Crippen molar-refractivity contribution in [2.24, 2.45) is 7.05 Å². The number of fused-ring (bicyclic) bond motifs is 3. The molecule has 1 aliphatic heterocycles. The highest BCUT2D eigenvalue weighted by Gasteiger charge is 2.45. The fourth-order valence-electron chi connectivity index (χ4n) is 4.70. The van der Waals surface area contributed by atoms with E-state index in [2.05, 4.69) is 30.6 Å². The SMILES string of the molecule is Cc1cnc(Nc2ccnn2C)nc1-c1cc2n(c1)C[C@H](CF)n1c-2nnc1C(F)(F)c1ccc(F)cc1F. The van der Waals surface area contributed by atoms with Gasteiger partial charge in [-0.25, -0.2) is 23.1 Å². The van der Waals surface area contributed by atoms with Crippen LogP contribution in [0.15, 0.2) is 48.9 Å². The molecule has 4 aromatic heterocycles. The largest absolute Gasteiger partial charge is 0.342 e. The minimum Gasteiger partial charge on any atom is -0.342 e. The molecule has 0 saturated carbocycles. The van der Waals surface area contributed by atoms with Crippen LogP contribution in [0.2, 0.25) is 0 Å². The molecular formula is C25H20F5N9. The van der Waals surface area contributed by atoms with Crippen molar-refractivity contribution in [1.82, 2.24) is 39.1 Å². The molecular weight excluding hydrogens is 521 g/mol. The molecule has 0 bridgehead atoms. The van der Waals surface area contributed by atoms with Crippen LogP contribution in [-0.2, 0) is 19.5 Å². The van der Waals surface area contributed by atoms with Gasteiger partial charge in [0.25, 0.3) is 0 Å². The molecule has 0 spiro atoms. The van der Waals surface area contributed by atoms with Crippen molar-refractivity contribution in [2.45, 2.75) is 25.4 Å². The quantitative estimate of drug-likeness (QED) is 0.307. The van der Waals surface area contributed by atoms with Crippen LogP contribution in [0.5, 0.6) is 0 Å². The summed E-state index contributed by atoms with van der Waals surface area (Å²) in [4.78, 5) is 8.92. The number of hydrogen-bond acceptors (Lipinski definition) is 6. The van der Waals surface area contributed by atoms with Gasteiger partial charge < -0.3 is 9.88 Å². The van der Waals surface area contributed by atoms with E-state index in [1.54, 1.807) is 47.0 Å². The fraction of sp³-hybridized carbons (Fsp3) is 0.240. The first-order valence-corrected chi connectivity index (χ1v) is 11.8. The Kier molecular flexibility index (Phi) is 5.70. The Labute approximate surface area is 218 Å².